The molecule has 0 aliphatic carbocycles. The van der Waals surface area contributed by atoms with E-state index in [9.17, 15) is 19.3 Å². The van der Waals surface area contributed by atoms with Crippen molar-refractivity contribution in [3.05, 3.63) is 69.5 Å². The van der Waals surface area contributed by atoms with Crippen LogP contribution in [0.25, 0.3) is 0 Å². The Bertz CT molecular complexity index is 890. The van der Waals surface area contributed by atoms with Crippen molar-refractivity contribution in [2.75, 3.05) is 13.7 Å². The van der Waals surface area contributed by atoms with Gasteiger partial charge in [0.1, 0.15) is 11.6 Å². The zero-order valence-electron chi connectivity index (χ0n) is 15.7. The van der Waals surface area contributed by atoms with Gasteiger partial charge >= 0.3 is 6.03 Å². The van der Waals surface area contributed by atoms with Crippen molar-refractivity contribution in [2.45, 2.75) is 31.8 Å². The molecule has 1 N–H and O–H groups in total. The molecule has 0 radical (unpaired) electrons. The maximum atomic E-state index is 13.7. The van der Waals surface area contributed by atoms with E-state index in [1.807, 2.05) is 0 Å². The van der Waals surface area contributed by atoms with Crippen molar-refractivity contribution >= 4 is 11.7 Å². The fourth-order valence-electron chi connectivity index (χ4n) is 3.25. The highest BCUT2D eigenvalue weighted by atomic mass is 19.1. The number of nitrogens with zero attached hydrogens (tertiary/aromatic N) is 2. The molecule has 0 bridgehead atoms. The number of nitrogens with one attached hydrogen (secondary N) is 1. The Morgan fingerprint density at radius 3 is 2.89 bits per heavy atom. The van der Waals surface area contributed by atoms with Gasteiger partial charge in [0.2, 0.25) is 0 Å². The Kier molecular flexibility index (Phi) is 5.77. The van der Waals surface area contributed by atoms with Crippen LogP contribution in [-0.4, -0.2) is 29.5 Å². The van der Waals surface area contributed by atoms with Crippen molar-refractivity contribution in [3.8, 4) is 5.75 Å². The molecule has 2 atom stereocenters. The summed E-state index contributed by atoms with van der Waals surface area (Å²) in [5.74, 6) is 0.181. The van der Waals surface area contributed by atoms with E-state index in [2.05, 4.69) is 5.32 Å². The number of halogens is 1. The van der Waals surface area contributed by atoms with E-state index in [4.69, 9.17) is 4.74 Å². The average Bonchev–Trinajstić information content (AvgIpc) is 2.88. The fourth-order valence-corrected chi connectivity index (χ4v) is 3.25. The lowest BCUT2D eigenvalue weighted by molar-refractivity contribution is -0.384. The molecule has 1 aliphatic rings. The molecule has 0 spiro atoms. The van der Waals surface area contributed by atoms with Gasteiger partial charge in [-0.1, -0.05) is 12.1 Å². The maximum absolute atomic E-state index is 13.7. The van der Waals surface area contributed by atoms with Crippen LogP contribution in [0.1, 0.15) is 43.0 Å². The monoisotopic (exact) mass is 387 g/mol. The minimum absolute atomic E-state index is 0.0246. The molecule has 7 nitrogen and oxygen atoms in total. The number of nitro benzene ring substituents is 1. The molecule has 2 aromatic rings. The lowest BCUT2D eigenvalue weighted by Crippen LogP contribution is -2.40. The van der Waals surface area contributed by atoms with Crippen molar-refractivity contribution in [1.29, 1.82) is 0 Å². The number of amides is 2. The van der Waals surface area contributed by atoms with Gasteiger partial charge in [-0.05, 0) is 43.5 Å². The SMILES string of the molecule is CC(c1cccc([N+](=O)[O-])c1)N(C)C(=O)NC1CCCOc2ccc(F)cc21. The van der Waals surface area contributed by atoms with E-state index in [-0.39, 0.29) is 29.6 Å². The van der Waals surface area contributed by atoms with Crippen LogP contribution in [-0.2, 0) is 0 Å². The molecule has 0 saturated carbocycles. The zero-order valence-corrected chi connectivity index (χ0v) is 15.7. The second-order valence-electron chi connectivity index (χ2n) is 6.81. The predicted molar refractivity (Wildman–Crippen MR) is 102 cm³/mol. The van der Waals surface area contributed by atoms with Crippen LogP contribution in [0.5, 0.6) is 5.75 Å². The summed E-state index contributed by atoms with van der Waals surface area (Å²) in [4.78, 5) is 24.8. The van der Waals surface area contributed by atoms with Gasteiger partial charge in [0.15, 0.2) is 0 Å². The van der Waals surface area contributed by atoms with Crippen LogP contribution < -0.4 is 10.1 Å². The van der Waals surface area contributed by atoms with Crippen LogP contribution in [0.2, 0.25) is 0 Å². The Balaban J connectivity index is 1.76. The van der Waals surface area contributed by atoms with Gasteiger partial charge in [0, 0.05) is 24.7 Å². The number of benzene rings is 2. The summed E-state index contributed by atoms with van der Waals surface area (Å²) in [6.07, 6.45) is 1.35. The minimum atomic E-state index is -0.465. The molecule has 1 heterocycles. The van der Waals surface area contributed by atoms with Crippen molar-refractivity contribution in [1.82, 2.24) is 10.2 Å². The van der Waals surface area contributed by atoms with Crippen LogP contribution in [0.4, 0.5) is 14.9 Å². The first-order valence-corrected chi connectivity index (χ1v) is 9.06. The first-order chi connectivity index (χ1) is 13.4. The number of rotatable bonds is 4. The molecule has 2 amide bonds. The van der Waals surface area contributed by atoms with Crippen molar-refractivity contribution in [3.63, 3.8) is 0 Å². The Morgan fingerprint density at radius 2 is 2.14 bits per heavy atom. The third-order valence-electron chi connectivity index (χ3n) is 5.00. The number of hydrogen-bond acceptors (Lipinski definition) is 4. The number of fused-ring (bicyclic) bond motifs is 1. The van der Waals surface area contributed by atoms with Gasteiger partial charge in [-0.2, -0.15) is 0 Å². The predicted octanol–water partition coefficient (Wildman–Crippen LogP) is 4.35. The smallest absolute Gasteiger partial charge is 0.318 e. The summed E-state index contributed by atoms with van der Waals surface area (Å²) in [6.45, 7) is 2.30. The van der Waals surface area contributed by atoms with E-state index in [0.29, 0.717) is 29.9 Å². The highest BCUT2D eigenvalue weighted by Crippen LogP contribution is 2.32. The largest absolute Gasteiger partial charge is 0.493 e. The Labute approximate surface area is 162 Å². The molecule has 28 heavy (non-hydrogen) atoms. The summed E-state index contributed by atoms with van der Waals surface area (Å²) >= 11 is 0. The lowest BCUT2D eigenvalue weighted by atomic mass is 10.0. The molecule has 0 aromatic heterocycles. The summed E-state index contributed by atoms with van der Waals surface area (Å²) in [5.41, 5.74) is 1.24. The van der Waals surface area contributed by atoms with Gasteiger partial charge in [-0.15, -0.1) is 0 Å². The molecule has 0 saturated heterocycles. The molecule has 2 unspecified atom stereocenters. The molecule has 1 aliphatic heterocycles. The summed E-state index contributed by atoms with van der Waals surface area (Å²) < 4.78 is 19.3. The average molecular weight is 387 g/mol. The summed E-state index contributed by atoms with van der Waals surface area (Å²) in [6, 6.07) is 9.39. The normalized spacial score (nSPS) is 16.9. The number of ether oxygens (including phenoxy) is 1. The topological polar surface area (TPSA) is 84.7 Å². The van der Waals surface area contributed by atoms with E-state index in [1.165, 1.54) is 29.2 Å². The fraction of sp³-hybridized carbons (Fsp3) is 0.350. The van der Waals surface area contributed by atoms with E-state index in [1.54, 1.807) is 32.2 Å². The van der Waals surface area contributed by atoms with Gasteiger partial charge in [-0.3, -0.25) is 10.1 Å². The molecule has 2 aromatic carbocycles. The maximum Gasteiger partial charge on any atom is 0.318 e. The lowest BCUT2D eigenvalue weighted by Gasteiger charge is -2.28. The van der Waals surface area contributed by atoms with E-state index >= 15 is 0 Å². The third-order valence-corrected chi connectivity index (χ3v) is 5.00. The second kappa shape index (κ2) is 8.24. The quantitative estimate of drug-likeness (QED) is 0.624. The molecule has 148 valence electrons. The number of hydrogen-bond donors (Lipinski definition) is 1. The molecule has 8 heteroatoms. The van der Waals surface area contributed by atoms with Crippen LogP contribution >= 0.6 is 0 Å². The highest BCUT2D eigenvalue weighted by Gasteiger charge is 2.25. The molecule has 0 fully saturated rings. The van der Waals surface area contributed by atoms with Crippen LogP contribution in [0.15, 0.2) is 42.5 Å². The third kappa shape index (κ3) is 4.21. The van der Waals surface area contributed by atoms with Gasteiger partial charge in [0.05, 0.1) is 23.6 Å². The zero-order chi connectivity index (χ0) is 20.3. The number of carbonyl (C=O) groups is 1. The van der Waals surface area contributed by atoms with Gasteiger partial charge in [0.25, 0.3) is 5.69 Å². The van der Waals surface area contributed by atoms with Crippen LogP contribution in [0, 0.1) is 15.9 Å². The van der Waals surface area contributed by atoms with Gasteiger partial charge in [-0.25, -0.2) is 9.18 Å². The minimum Gasteiger partial charge on any atom is -0.493 e. The second-order valence-corrected chi connectivity index (χ2v) is 6.81. The highest BCUT2D eigenvalue weighted by molar-refractivity contribution is 5.75. The number of nitro groups is 1. The number of non-ortho nitro benzene ring substituents is 1. The van der Waals surface area contributed by atoms with E-state index < -0.39 is 4.92 Å². The van der Waals surface area contributed by atoms with E-state index in [0.717, 1.165) is 6.42 Å². The Morgan fingerprint density at radius 1 is 1.36 bits per heavy atom. The summed E-state index contributed by atoms with van der Waals surface area (Å²) in [7, 11) is 1.62. The summed E-state index contributed by atoms with van der Waals surface area (Å²) in [5, 5.41) is 13.9. The molecular weight excluding hydrogens is 365 g/mol. The van der Waals surface area contributed by atoms with Crippen molar-refractivity contribution in [2.24, 2.45) is 0 Å². The standard InChI is InChI=1S/C20H22FN3O4/c1-13(14-5-3-6-16(11-14)24(26)27)23(2)20(25)22-18-7-4-10-28-19-9-8-15(21)12-17(18)19/h3,5-6,8-9,11-13,18H,4,7,10H2,1-2H3,(H,22,25). The van der Waals surface area contributed by atoms with Crippen LogP contribution in [0.3, 0.4) is 0 Å². The Hall–Kier alpha value is -3.16. The van der Waals surface area contributed by atoms with Gasteiger partial charge < -0.3 is 15.0 Å². The first kappa shape index (κ1) is 19.6. The number of carbonyl (C=O) groups excluding carboxylic acids is 1. The van der Waals surface area contributed by atoms with Crippen molar-refractivity contribution < 1.29 is 18.8 Å². The first-order valence-electron chi connectivity index (χ1n) is 9.06. The number of urea groups is 1. The molecular formula is C20H22FN3O4. The molecule has 3 rings (SSSR count).